The van der Waals surface area contributed by atoms with Crippen LogP contribution in [0.1, 0.15) is 92.5 Å². The maximum atomic E-state index is 15.1. The van der Waals surface area contributed by atoms with Gasteiger partial charge in [-0.3, -0.25) is 19.3 Å². The number of nitrogens with zero attached hydrogens (tertiary/aromatic N) is 2. The molecule has 1 aliphatic carbocycles. The van der Waals surface area contributed by atoms with E-state index in [-0.39, 0.29) is 48.3 Å². The van der Waals surface area contributed by atoms with E-state index < -0.39 is 41.6 Å². The molecule has 2 aromatic rings. The minimum atomic E-state index is -1.03. The molecule has 6 atom stereocenters. The van der Waals surface area contributed by atoms with Gasteiger partial charge in [-0.25, -0.2) is 8.78 Å². The van der Waals surface area contributed by atoms with Gasteiger partial charge in [0.05, 0.1) is 12.1 Å². The number of carboxylic acid groups (broad SMARTS) is 1. The van der Waals surface area contributed by atoms with Gasteiger partial charge in [0, 0.05) is 56.0 Å². The van der Waals surface area contributed by atoms with Crippen LogP contribution in [0.3, 0.4) is 0 Å². The Kier molecular flexibility index (Phi) is 10.2. The molecule has 2 amide bonds. The number of aliphatic hydroxyl groups excluding tert-OH is 1. The van der Waals surface area contributed by atoms with Crippen molar-refractivity contribution in [3.8, 4) is 0 Å². The number of carbonyl (C=O) groups excluding carboxylic acids is 2. The molecule has 2 saturated heterocycles. The average Bonchev–Trinajstić information content (AvgIpc) is 3.61. The van der Waals surface area contributed by atoms with Gasteiger partial charge >= 0.3 is 5.97 Å². The number of hydrogen-bond acceptors (Lipinski definition) is 5. The Labute approximate surface area is 267 Å². The molecule has 0 bridgehead atoms. The molecule has 5 rings (SSSR count). The number of nitrogens with one attached hydrogen (secondary N) is 1. The quantitative estimate of drug-likeness (QED) is 0.359. The van der Waals surface area contributed by atoms with Crippen molar-refractivity contribution in [3.05, 3.63) is 69.2 Å². The Morgan fingerprint density at radius 2 is 1.78 bits per heavy atom. The normalized spacial score (nSPS) is 26.6. The second-order valence-electron chi connectivity index (χ2n) is 12.9. The summed E-state index contributed by atoms with van der Waals surface area (Å²) in [7, 11) is 0. The third-order valence-corrected chi connectivity index (χ3v) is 10.5. The maximum absolute atomic E-state index is 15.1. The summed E-state index contributed by atoms with van der Waals surface area (Å²) in [5.74, 6) is -3.75. The zero-order valence-electron chi connectivity index (χ0n) is 25.9. The fourth-order valence-corrected chi connectivity index (χ4v) is 8.02. The van der Waals surface area contributed by atoms with Crippen LogP contribution in [0.15, 0.2) is 30.3 Å². The molecule has 0 spiro atoms. The number of likely N-dealkylation sites (tertiary alicyclic amines) is 2. The van der Waals surface area contributed by atoms with Gasteiger partial charge in [0.25, 0.3) is 0 Å². The van der Waals surface area contributed by atoms with Crippen LogP contribution in [0.4, 0.5) is 8.78 Å². The zero-order valence-corrected chi connectivity index (χ0v) is 26.7. The number of aryl methyl sites for hydroxylation is 1. The van der Waals surface area contributed by atoms with Gasteiger partial charge in [-0.2, -0.15) is 0 Å². The first kappa shape index (κ1) is 33.3. The smallest absolute Gasteiger partial charge is 0.321 e. The minimum Gasteiger partial charge on any atom is -0.480 e. The van der Waals surface area contributed by atoms with Gasteiger partial charge < -0.3 is 20.4 Å². The summed E-state index contributed by atoms with van der Waals surface area (Å²) in [5.41, 5.74) is 3.28. The Morgan fingerprint density at radius 3 is 2.40 bits per heavy atom. The molecule has 2 aliphatic heterocycles. The molecule has 1 unspecified atom stereocenters. The van der Waals surface area contributed by atoms with E-state index in [1.54, 1.807) is 4.90 Å². The van der Waals surface area contributed by atoms with E-state index in [9.17, 15) is 29.0 Å². The van der Waals surface area contributed by atoms with Crippen molar-refractivity contribution in [2.75, 3.05) is 19.6 Å². The summed E-state index contributed by atoms with van der Waals surface area (Å²) in [6.07, 6.45) is 2.03. The largest absolute Gasteiger partial charge is 0.480 e. The number of benzene rings is 2. The number of aliphatic carboxylic acids is 1. The fourth-order valence-electron chi connectivity index (χ4n) is 7.85. The molecule has 45 heavy (non-hydrogen) atoms. The SMILES string of the molecule is CC[C@H](NC(C)=O)c1cc(C)c(Cl)cc1C1CCN(C(=O)[C@@H]2CC(N3C[C@H](O)C[C@@H]3C(=O)O)C[C@H]2c2ccc(F)cc2F)CC1. The van der Waals surface area contributed by atoms with Crippen molar-refractivity contribution >= 4 is 29.4 Å². The number of hydrogen-bond donors (Lipinski definition) is 3. The van der Waals surface area contributed by atoms with E-state index >= 15 is 4.39 Å². The highest BCUT2D eigenvalue weighted by Crippen LogP contribution is 2.46. The van der Waals surface area contributed by atoms with Crippen molar-refractivity contribution in [1.82, 2.24) is 15.1 Å². The molecule has 3 fully saturated rings. The lowest BCUT2D eigenvalue weighted by molar-refractivity contribution is -0.143. The third kappa shape index (κ3) is 7.03. The van der Waals surface area contributed by atoms with Crippen LogP contribution in [0.25, 0.3) is 0 Å². The predicted molar refractivity (Wildman–Crippen MR) is 166 cm³/mol. The van der Waals surface area contributed by atoms with E-state index in [0.29, 0.717) is 50.2 Å². The first-order valence-corrected chi connectivity index (χ1v) is 16.2. The number of carbonyl (C=O) groups is 3. The molecule has 11 heteroatoms. The lowest BCUT2D eigenvalue weighted by Crippen LogP contribution is -2.44. The van der Waals surface area contributed by atoms with Crippen LogP contribution in [0.5, 0.6) is 0 Å². The van der Waals surface area contributed by atoms with Crippen molar-refractivity contribution in [2.24, 2.45) is 5.92 Å². The predicted octanol–water partition coefficient (Wildman–Crippen LogP) is 5.30. The van der Waals surface area contributed by atoms with Crippen LogP contribution >= 0.6 is 11.6 Å². The number of halogens is 3. The first-order valence-electron chi connectivity index (χ1n) is 15.8. The van der Waals surface area contributed by atoms with Crippen LogP contribution in [-0.4, -0.2) is 75.6 Å². The summed E-state index contributed by atoms with van der Waals surface area (Å²) in [5, 5.41) is 23.8. The first-order chi connectivity index (χ1) is 21.4. The average molecular weight is 646 g/mol. The van der Waals surface area contributed by atoms with Crippen molar-refractivity contribution in [1.29, 1.82) is 0 Å². The Morgan fingerprint density at radius 1 is 1.07 bits per heavy atom. The Hall–Kier alpha value is -3.08. The Balaban J connectivity index is 1.37. The van der Waals surface area contributed by atoms with Crippen LogP contribution < -0.4 is 5.32 Å². The third-order valence-electron chi connectivity index (χ3n) is 10.1. The van der Waals surface area contributed by atoms with Gasteiger partial charge in [0.1, 0.15) is 17.7 Å². The van der Waals surface area contributed by atoms with Crippen molar-refractivity contribution < 1.29 is 33.4 Å². The van der Waals surface area contributed by atoms with E-state index in [0.717, 1.165) is 22.8 Å². The summed E-state index contributed by atoms with van der Waals surface area (Å²) >= 11 is 6.56. The van der Waals surface area contributed by atoms with Crippen molar-refractivity contribution in [3.63, 3.8) is 0 Å². The number of aliphatic hydroxyl groups is 1. The van der Waals surface area contributed by atoms with Gasteiger partial charge in [-0.15, -0.1) is 0 Å². The van der Waals surface area contributed by atoms with E-state index in [1.807, 2.05) is 30.9 Å². The zero-order chi connectivity index (χ0) is 32.6. The van der Waals surface area contributed by atoms with Crippen LogP contribution in [0, 0.1) is 24.5 Å². The highest BCUT2D eigenvalue weighted by Gasteiger charge is 2.49. The molecular weight excluding hydrogens is 604 g/mol. The summed E-state index contributed by atoms with van der Waals surface area (Å²) in [4.78, 5) is 41.6. The molecule has 2 heterocycles. The molecule has 8 nitrogen and oxygen atoms in total. The lowest BCUT2D eigenvalue weighted by atomic mass is 9.82. The molecule has 0 radical (unpaired) electrons. The summed E-state index contributed by atoms with van der Waals surface area (Å²) in [6.45, 7) is 6.59. The molecule has 3 N–H and O–H groups in total. The minimum absolute atomic E-state index is 0.0966. The number of rotatable bonds is 8. The number of carboxylic acids is 1. The second kappa shape index (κ2) is 13.7. The van der Waals surface area contributed by atoms with Crippen LogP contribution in [0.2, 0.25) is 5.02 Å². The molecular formula is C34H42ClF2N3O5. The summed E-state index contributed by atoms with van der Waals surface area (Å²) < 4.78 is 28.9. The standard InChI is InChI=1S/C34H42ClF2N3O5/c1-4-31(38-19(3)41)27-11-18(2)29(35)16-25(27)20-7-9-39(10-8-20)33(43)28-14-22(40-17-23(42)15-32(40)34(44)45)13-26(28)24-6-5-21(36)12-30(24)37/h5-6,11-12,16,20,22-23,26,28,31-32,42H,4,7-10,13-15,17H2,1-3H3,(H,38,41)(H,44,45)/t22?,23-,26+,28-,31+,32-/m1/s1. The van der Waals surface area contributed by atoms with Gasteiger partial charge in [0.2, 0.25) is 11.8 Å². The number of piperidine rings is 1. The number of β-amino-alcohol motifs (C(OH)–C–C–N with tert-alkyl or cyclic N) is 1. The second-order valence-corrected chi connectivity index (χ2v) is 13.3. The molecule has 0 aromatic heterocycles. The monoisotopic (exact) mass is 645 g/mol. The Bertz CT molecular complexity index is 1450. The molecule has 3 aliphatic rings. The van der Waals surface area contributed by atoms with E-state index in [4.69, 9.17) is 11.6 Å². The van der Waals surface area contributed by atoms with Crippen LogP contribution in [-0.2, 0) is 14.4 Å². The number of amides is 2. The van der Waals surface area contributed by atoms with E-state index in [2.05, 4.69) is 5.32 Å². The molecule has 2 aromatic carbocycles. The van der Waals surface area contributed by atoms with E-state index in [1.165, 1.54) is 19.1 Å². The topological polar surface area (TPSA) is 110 Å². The highest BCUT2D eigenvalue weighted by atomic mass is 35.5. The molecule has 1 saturated carbocycles. The van der Waals surface area contributed by atoms with Gasteiger partial charge in [-0.05, 0) is 85.3 Å². The van der Waals surface area contributed by atoms with Gasteiger partial charge in [-0.1, -0.05) is 30.7 Å². The highest BCUT2D eigenvalue weighted by molar-refractivity contribution is 6.31. The summed E-state index contributed by atoms with van der Waals surface area (Å²) in [6, 6.07) is 6.04. The lowest BCUT2D eigenvalue weighted by Gasteiger charge is -2.36. The van der Waals surface area contributed by atoms with Crippen molar-refractivity contribution in [2.45, 2.75) is 95.4 Å². The maximum Gasteiger partial charge on any atom is 0.321 e. The fraction of sp³-hybridized carbons (Fsp3) is 0.559. The van der Waals surface area contributed by atoms with Gasteiger partial charge in [0.15, 0.2) is 0 Å². The molecule has 244 valence electrons.